The van der Waals surface area contributed by atoms with Crippen molar-refractivity contribution in [3.05, 3.63) is 71.0 Å². The van der Waals surface area contributed by atoms with E-state index in [0.29, 0.717) is 13.1 Å². The van der Waals surface area contributed by atoms with E-state index in [0.717, 1.165) is 5.56 Å². The van der Waals surface area contributed by atoms with Gasteiger partial charge in [0.2, 0.25) is 0 Å². The fraction of sp³-hybridized carbons (Fsp3) is 0.250. The number of halogens is 1. The zero-order valence-corrected chi connectivity index (χ0v) is 10.9. The average molecular weight is 259 g/mol. The van der Waals surface area contributed by atoms with Crippen LogP contribution < -0.4 is 5.32 Å². The third kappa shape index (κ3) is 3.88. The summed E-state index contributed by atoms with van der Waals surface area (Å²) >= 11 is 0. The predicted molar refractivity (Wildman–Crippen MR) is 74.2 cm³/mol. The summed E-state index contributed by atoms with van der Waals surface area (Å²) in [5.74, 6) is -0.288. The fourth-order valence-electron chi connectivity index (χ4n) is 1.95. The number of hydrogen-bond acceptors (Lipinski definition) is 2. The Morgan fingerprint density at radius 2 is 1.79 bits per heavy atom. The van der Waals surface area contributed by atoms with Gasteiger partial charge in [0, 0.05) is 13.1 Å². The molecule has 1 unspecified atom stereocenters. The molecule has 3 heteroatoms. The Balaban J connectivity index is 1.86. The number of benzene rings is 2. The number of aliphatic hydroxyl groups excluding tert-OH is 1. The Morgan fingerprint density at radius 3 is 2.47 bits per heavy atom. The lowest BCUT2D eigenvalue weighted by atomic mass is 10.1. The minimum absolute atomic E-state index is 0.288. The van der Waals surface area contributed by atoms with E-state index in [4.69, 9.17) is 0 Å². The summed E-state index contributed by atoms with van der Waals surface area (Å²) in [6.07, 6.45) is -0.621. The van der Waals surface area contributed by atoms with Crippen LogP contribution in [-0.4, -0.2) is 11.7 Å². The zero-order valence-electron chi connectivity index (χ0n) is 10.9. The molecule has 2 aromatic carbocycles. The van der Waals surface area contributed by atoms with E-state index in [1.165, 1.54) is 23.3 Å². The highest BCUT2D eigenvalue weighted by atomic mass is 19.1. The van der Waals surface area contributed by atoms with Crippen LogP contribution in [0.2, 0.25) is 0 Å². The molecule has 0 saturated heterocycles. The molecule has 1 atom stereocenters. The molecule has 0 saturated carbocycles. The Morgan fingerprint density at radius 1 is 1.11 bits per heavy atom. The van der Waals surface area contributed by atoms with Crippen LogP contribution in [0.3, 0.4) is 0 Å². The number of hydrogen-bond donors (Lipinski definition) is 2. The third-order valence-corrected chi connectivity index (χ3v) is 3.17. The summed E-state index contributed by atoms with van der Waals surface area (Å²) in [6, 6.07) is 14.1. The zero-order chi connectivity index (χ0) is 13.7. The first-order chi connectivity index (χ1) is 9.16. The van der Waals surface area contributed by atoms with E-state index in [9.17, 15) is 9.50 Å². The van der Waals surface area contributed by atoms with Crippen LogP contribution in [-0.2, 0) is 6.54 Å². The van der Waals surface area contributed by atoms with Gasteiger partial charge in [0.25, 0.3) is 0 Å². The van der Waals surface area contributed by atoms with Crippen LogP contribution >= 0.6 is 0 Å². The molecule has 2 N–H and O–H groups in total. The molecule has 19 heavy (non-hydrogen) atoms. The predicted octanol–water partition coefficient (Wildman–Crippen LogP) is 2.96. The van der Waals surface area contributed by atoms with Crippen molar-refractivity contribution in [1.82, 2.24) is 5.32 Å². The molecule has 0 spiro atoms. The highest BCUT2D eigenvalue weighted by molar-refractivity contribution is 5.25. The summed E-state index contributed by atoms with van der Waals surface area (Å²) in [5.41, 5.74) is 3.17. The summed E-state index contributed by atoms with van der Waals surface area (Å²) < 4.78 is 12.8. The van der Waals surface area contributed by atoms with Crippen molar-refractivity contribution < 1.29 is 9.50 Å². The van der Waals surface area contributed by atoms with Gasteiger partial charge < -0.3 is 10.4 Å². The van der Waals surface area contributed by atoms with Crippen molar-refractivity contribution in [3.63, 3.8) is 0 Å². The number of nitrogens with one attached hydrogen (secondary N) is 1. The van der Waals surface area contributed by atoms with E-state index in [-0.39, 0.29) is 5.82 Å². The van der Waals surface area contributed by atoms with Crippen molar-refractivity contribution in [1.29, 1.82) is 0 Å². The van der Waals surface area contributed by atoms with Gasteiger partial charge in [-0.05, 0) is 35.7 Å². The summed E-state index contributed by atoms with van der Waals surface area (Å²) in [6.45, 7) is 3.22. The fourth-order valence-corrected chi connectivity index (χ4v) is 1.95. The van der Waals surface area contributed by atoms with Gasteiger partial charge in [-0.15, -0.1) is 0 Å². The minimum Gasteiger partial charge on any atom is -0.387 e. The molecule has 0 aliphatic heterocycles. The summed E-state index contributed by atoms with van der Waals surface area (Å²) in [7, 11) is 0. The van der Waals surface area contributed by atoms with Crippen molar-refractivity contribution >= 4 is 0 Å². The molecule has 0 amide bonds. The number of aliphatic hydroxyl groups is 1. The molecule has 0 heterocycles. The topological polar surface area (TPSA) is 32.3 Å². The van der Waals surface area contributed by atoms with Crippen LogP contribution in [0.25, 0.3) is 0 Å². The van der Waals surface area contributed by atoms with Gasteiger partial charge in [0.15, 0.2) is 0 Å². The smallest absolute Gasteiger partial charge is 0.123 e. The van der Waals surface area contributed by atoms with E-state index in [1.807, 2.05) is 12.1 Å². The maximum Gasteiger partial charge on any atom is 0.123 e. The second kappa shape index (κ2) is 6.45. The first-order valence-electron chi connectivity index (χ1n) is 6.35. The first-order valence-corrected chi connectivity index (χ1v) is 6.35. The van der Waals surface area contributed by atoms with Crippen molar-refractivity contribution in [2.75, 3.05) is 6.54 Å². The van der Waals surface area contributed by atoms with Gasteiger partial charge >= 0.3 is 0 Å². The molecular weight excluding hydrogens is 241 g/mol. The second-order valence-corrected chi connectivity index (χ2v) is 4.62. The minimum atomic E-state index is -0.621. The van der Waals surface area contributed by atoms with Crippen LogP contribution in [0, 0.1) is 12.7 Å². The van der Waals surface area contributed by atoms with Crippen molar-refractivity contribution in [2.24, 2.45) is 0 Å². The summed E-state index contributed by atoms with van der Waals surface area (Å²) in [5, 5.41) is 13.2. The Labute approximate surface area is 112 Å². The number of rotatable bonds is 5. The molecule has 0 aliphatic rings. The Hall–Kier alpha value is -1.71. The lowest BCUT2D eigenvalue weighted by Gasteiger charge is -2.13. The van der Waals surface area contributed by atoms with Gasteiger partial charge in [-0.3, -0.25) is 0 Å². The van der Waals surface area contributed by atoms with E-state index >= 15 is 0 Å². The molecule has 2 aromatic rings. The SMILES string of the molecule is Cc1ccccc1CNCC(O)c1ccc(F)cc1. The summed E-state index contributed by atoms with van der Waals surface area (Å²) in [4.78, 5) is 0. The van der Waals surface area contributed by atoms with Crippen LogP contribution in [0.4, 0.5) is 4.39 Å². The molecular formula is C16H18FNO. The normalized spacial score (nSPS) is 12.4. The van der Waals surface area contributed by atoms with Crippen molar-refractivity contribution in [2.45, 2.75) is 19.6 Å². The lowest BCUT2D eigenvalue weighted by Crippen LogP contribution is -2.21. The van der Waals surface area contributed by atoms with Gasteiger partial charge in [0.05, 0.1) is 6.10 Å². The molecule has 2 nitrogen and oxygen atoms in total. The van der Waals surface area contributed by atoms with Gasteiger partial charge in [-0.2, -0.15) is 0 Å². The highest BCUT2D eigenvalue weighted by Gasteiger charge is 2.07. The molecule has 0 radical (unpaired) electrons. The number of aryl methyl sites for hydroxylation is 1. The van der Waals surface area contributed by atoms with Gasteiger partial charge in [0.1, 0.15) is 5.82 Å². The van der Waals surface area contributed by atoms with E-state index in [2.05, 4.69) is 24.4 Å². The molecule has 100 valence electrons. The lowest BCUT2D eigenvalue weighted by molar-refractivity contribution is 0.174. The van der Waals surface area contributed by atoms with Crippen molar-refractivity contribution in [3.8, 4) is 0 Å². The van der Waals surface area contributed by atoms with E-state index < -0.39 is 6.10 Å². The quantitative estimate of drug-likeness (QED) is 0.865. The standard InChI is InChI=1S/C16H18FNO/c1-12-4-2-3-5-14(12)10-18-11-16(19)13-6-8-15(17)9-7-13/h2-9,16,18-19H,10-11H2,1H3. The Kier molecular flexibility index (Phi) is 4.66. The third-order valence-electron chi connectivity index (χ3n) is 3.17. The maximum absolute atomic E-state index is 12.8. The molecule has 0 fully saturated rings. The van der Waals surface area contributed by atoms with Gasteiger partial charge in [-0.1, -0.05) is 36.4 Å². The molecule has 0 bridgehead atoms. The molecule has 0 aromatic heterocycles. The maximum atomic E-state index is 12.8. The van der Waals surface area contributed by atoms with Gasteiger partial charge in [-0.25, -0.2) is 4.39 Å². The second-order valence-electron chi connectivity index (χ2n) is 4.62. The van der Waals surface area contributed by atoms with Crippen LogP contribution in [0.15, 0.2) is 48.5 Å². The Bertz CT molecular complexity index is 525. The first kappa shape index (κ1) is 13.7. The molecule has 2 rings (SSSR count). The van der Waals surface area contributed by atoms with E-state index in [1.54, 1.807) is 12.1 Å². The largest absolute Gasteiger partial charge is 0.387 e. The van der Waals surface area contributed by atoms with Crippen LogP contribution in [0.1, 0.15) is 22.8 Å². The highest BCUT2D eigenvalue weighted by Crippen LogP contribution is 2.13. The average Bonchev–Trinajstić information content (AvgIpc) is 2.41. The molecule has 0 aliphatic carbocycles. The monoisotopic (exact) mass is 259 g/mol. The van der Waals surface area contributed by atoms with Crippen LogP contribution in [0.5, 0.6) is 0 Å².